The van der Waals surface area contributed by atoms with E-state index < -0.39 is 4.92 Å². The summed E-state index contributed by atoms with van der Waals surface area (Å²) in [6.07, 6.45) is 6.30. The normalized spacial score (nSPS) is 13.4. The number of pyridine rings is 1. The number of nitrogens with zero attached hydrogens (tertiary/aromatic N) is 3. The Balaban J connectivity index is 1.94. The summed E-state index contributed by atoms with van der Waals surface area (Å²) in [6.45, 7) is 0.547. The highest BCUT2D eigenvalue weighted by atomic mass is 16.6. The Morgan fingerprint density at radius 1 is 1.23 bits per heavy atom. The number of anilines is 1. The van der Waals surface area contributed by atoms with Crippen molar-refractivity contribution in [2.75, 3.05) is 11.4 Å². The molecule has 2 aromatic rings. The standard InChI is InChI=1S/C16H13N3O3/c20-16(12-6-8-13(9-7-12)19(21)22)18-11-2-1-4-14-15(18)5-3-10-17-14/h1,3-10H,2,11H2. The van der Waals surface area contributed by atoms with Crippen LogP contribution in [0.2, 0.25) is 0 Å². The Morgan fingerprint density at radius 2 is 2.00 bits per heavy atom. The molecule has 1 aliphatic rings. The van der Waals surface area contributed by atoms with E-state index in [9.17, 15) is 14.9 Å². The largest absolute Gasteiger partial charge is 0.306 e. The third-order valence-corrected chi connectivity index (χ3v) is 3.47. The summed E-state index contributed by atoms with van der Waals surface area (Å²) < 4.78 is 0. The monoisotopic (exact) mass is 295 g/mol. The molecule has 0 spiro atoms. The maximum Gasteiger partial charge on any atom is 0.269 e. The van der Waals surface area contributed by atoms with Crippen LogP contribution in [0.4, 0.5) is 11.4 Å². The van der Waals surface area contributed by atoms with Crippen LogP contribution in [0.1, 0.15) is 22.5 Å². The zero-order chi connectivity index (χ0) is 15.5. The quantitative estimate of drug-likeness (QED) is 0.630. The van der Waals surface area contributed by atoms with E-state index in [1.54, 1.807) is 17.2 Å². The molecule has 0 radical (unpaired) electrons. The third-order valence-electron chi connectivity index (χ3n) is 3.47. The molecule has 0 aliphatic carbocycles. The minimum Gasteiger partial charge on any atom is -0.306 e. The van der Waals surface area contributed by atoms with Crippen molar-refractivity contribution in [3.05, 3.63) is 70.0 Å². The van der Waals surface area contributed by atoms with Crippen molar-refractivity contribution in [1.29, 1.82) is 0 Å². The van der Waals surface area contributed by atoms with Crippen LogP contribution in [0.5, 0.6) is 0 Å². The van der Waals surface area contributed by atoms with Gasteiger partial charge in [0.1, 0.15) is 0 Å². The van der Waals surface area contributed by atoms with Gasteiger partial charge in [-0.1, -0.05) is 6.08 Å². The van der Waals surface area contributed by atoms with E-state index in [0.717, 1.165) is 17.8 Å². The second-order valence-corrected chi connectivity index (χ2v) is 4.86. The summed E-state index contributed by atoms with van der Waals surface area (Å²) in [5, 5.41) is 10.7. The summed E-state index contributed by atoms with van der Waals surface area (Å²) in [7, 11) is 0. The topological polar surface area (TPSA) is 76.3 Å². The number of nitro benzene ring substituents is 1. The van der Waals surface area contributed by atoms with Gasteiger partial charge in [-0.25, -0.2) is 0 Å². The number of rotatable bonds is 2. The molecule has 0 unspecified atom stereocenters. The second-order valence-electron chi connectivity index (χ2n) is 4.86. The number of aromatic nitrogens is 1. The lowest BCUT2D eigenvalue weighted by molar-refractivity contribution is -0.384. The number of carbonyl (C=O) groups is 1. The molecule has 1 aliphatic heterocycles. The number of benzene rings is 1. The van der Waals surface area contributed by atoms with Gasteiger partial charge in [0, 0.05) is 30.4 Å². The summed E-state index contributed by atoms with van der Waals surface area (Å²) in [4.78, 5) is 28.8. The molecular weight excluding hydrogens is 282 g/mol. The predicted molar refractivity (Wildman–Crippen MR) is 82.7 cm³/mol. The van der Waals surface area contributed by atoms with Crippen molar-refractivity contribution in [3.8, 4) is 0 Å². The molecule has 1 aromatic heterocycles. The lowest BCUT2D eigenvalue weighted by Crippen LogP contribution is -2.31. The van der Waals surface area contributed by atoms with Crippen molar-refractivity contribution in [2.24, 2.45) is 0 Å². The first-order valence-corrected chi connectivity index (χ1v) is 6.85. The molecule has 1 aromatic carbocycles. The molecular formula is C16H13N3O3. The van der Waals surface area contributed by atoms with E-state index in [4.69, 9.17) is 0 Å². The van der Waals surface area contributed by atoms with Crippen molar-refractivity contribution in [1.82, 2.24) is 4.98 Å². The molecule has 110 valence electrons. The fourth-order valence-corrected chi connectivity index (χ4v) is 2.38. The van der Waals surface area contributed by atoms with Crippen molar-refractivity contribution in [3.63, 3.8) is 0 Å². The molecule has 1 amide bonds. The van der Waals surface area contributed by atoms with Crippen LogP contribution in [0.3, 0.4) is 0 Å². The Kier molecular flexibility index (Phi) is 3.65. The molecule has 3 rings (SSSR count). The van der Waals surface area contributed by atoms with Gasteiger partial charge in [-0.15, -0.1) is 0 Å². The summed E-state index contributed by atoms with van der Waals surface area (Å²) in [5.41, 5.74) is 1.88. The first-order valence-electron chi connectivity index (χ1n) is 6.85. The number of nitro groups is 1. The van der Waals surface area contributed by atoms with Gasteiger partial charge >= 0.3 is 0 Å². The second kappa shape index (κ2) is 5.77. The molecule has 6 nitrogen and oxygen atoms in total. The maximum atomic E-state index is 12.7. The van der Waals surface area contributed by atoms with E-state index in [0.29, 0.717) is 12.1 Å². The molecule has 22 heavy (non-hydrogen) atoms. The van der Waals surface area contributed by atoms with Gasteiger partial charge in [-0.2, -0.15) is 0 Å². The van der Waals surface area contributed by atoms with E-state index in [2.05, 4.69) is 4.98 Å². The number of non-ortho nitro benzene ring substituents is 1. The van der Waals surface area contributed by atoms with Crippen molar-refractivity contribution in [2.45, 2.75) is 6.42 Å². The van der Waals surface area contributed by atoms with Crippen LogP contribution in [0, 0.1) is 10.1 Å². The van der Waals surface area contributed by atoms with Gasteiger partial charge in [0.05, 0.1) is 16.3 Å². The zero-order valence-electron chi connectivity index (χ0n) is 11.7. The van der Waals surface area contributed by atoms with Gasteiger partial charge in [0.15, 0.2) is 0 Å². The predicted octanol–water partition coefficient (Wildman–Crippen LogP) is 3.05. The molecule has 6 heteroatoms. The Morgan fingerprint density at radius 3 is 2.73 bits per heavy atom. The molecule has 0 saturated carbocycles. The number of hydrogen-bond acceptors (Lipinski definition) is 4. The van der Waals surface area contributed by atoms with E-state index in [1.165, 1.54) is 24.3 Å². The van der Waals surface area contributed by atoms with Crippen molar-refractivity contribution < 1.29 is 9.72 Å². The minimum absolute atomic E-state index is 0.0313. The smallest absolute Gasteiger partial charge is 0.269 e. The molecule has 2 heterocycles. The average molecular weight is 295 g/mol. The highest BCUT2D eigenvalue weighted by Crippen LogP contribution is 2.25. The third kappa shape index (κ3) is 2.58. The van der Waals surface area contributed by atoms with Crippen LogP contribution < -0.4 is 4.90 Å². The Hall–Kier alpha value is -3.02. The van der Waals surface area contributed by atoms with Crippen LogP contribution in [-0.4, -0.2) is 22.4 Å². The lowest BCUT2D eigenvalue weighted by atomic mass is 10.1. The van der Waals surface area contributed by atoms with Gasteiger partial charge in [-0.05, 0) is 36.8 Å². The molecule has 0 bridgehead atoms. The molecule has 0 saturated heterocycles. The molecule has 0 fully saturated rings. The SMILES string of the molecule is O=C(c1ccc([N+](=O)[O-])cc1)N1CCC=Cc2ncccc21. The average Bonchev–Trinajstić information content (AvgIpc) is 2.76. The molecule has 0 N–H and O–H groups in total. The highest BCUT2D eigenvalue weighted by Gasteiger charge is 2.21. The first-order chi connectivity index (χ1) is 10.7. The number of amides is 1. The lowest BCUT2D eigenvalue weighted by Gasteiger charge is -2.22. The van der Waals surface area contributed by atoms with E-state index in [-0.39, 0.29) is 11.6 Å². The van der Waals surface area contributed by atoms with Gasteiger partial charge in [0.25, 0.3) is 11.6 Å². The van der Waals surface area contributed by atoms with Crippen molar-refractivity contribution >= 4 is 23.4 Å². The number of carbonyl (C=O) groups excluding carboxylic acids is 1. The highest BCUT2D eigenvalue weighted by molar-refractivity contribution is 6.07. The number of hydrogen-bond donors (Lipinski definition) is 0. The fourth-order valence-electron chi connectivity index (χ4n) is 2.38. The maximum absolute atomic E-state index is 12.7. The van der Waals surface area contributed by atoms with Gasteiger partial charge in [0.2, 0.25) is 0 Å². The van der Waals surface area contributed by atoms with Crippen LogP contribution in [-0.2, 0) is 0 Å². The van der Waals surface area contributed by atoms with Crippen LogP contribution in [0.15, 0.2) is 48.7 Å². The Labute approximate surface area is 126 Å². The van der Waals surface area contributed by atoms with E-state index >= 15 is 0 Å². The fraction of sp³-hybridized carbons (Fsp3) is 0.125. The number of fused-ring (bicyclic) bond motifs is 1. The van der Waals surface area contributed by atoms with E-state index in [1.807, 2.05) is 18.2 Å². The van der Waals surface area contributed by atoms with Gasteiger partial charge < -0.3 is 4.90 Å². The minimum atomic E-state index is -0.483. The van der Waals surface area contributed by atoms with Crippen LogP contribution >= 0.6 is 0 Å². The van der Waals surface area contributed by atoms with Crippen LogP contribution in [0.25, 0.3) is 6.08 Å². The summed E-state index contributed by atoms with van der Waals surface area (Å²) in [5.74, 6) is -0.187. The van der Waals surface area contributed by atoms with Gasteiger partial charge in [-0.3, -0.25) is 19.9 Å². The first kappa shape index (κ1) is 13.9. The summed E-state index contributed by atoms with van der Waals surface area (Å²) in [6, 6.07) is 9.28. The molecule has 0 atom stereocenters. The zero-order valence-corrected chi connectivity index (χ0v) is 11.7. The Bertz CT molecular complexity index is 753. The summed E-state index contributed by atoms with van der Waals surface area (Å²) >= 11 is 0.